The summed E-state index contributed by atoms with van der Waals surface area (Å²) in [5.74, 6) is 0. The summed E-state index contributed by atoms with van der Waals surface area (Å²) in [6.45, 7) is 0. The third kappa shape index (κ3) is 1.98. The molecule has 0 saturated carbocycles. The monoisotopic (exact) mass is 269 g/mol. The Bertz CT molecular complexity index is 449. The van der Waals surface area contributed by atoms with Crippen LogP contribution in [0.15, 0.2) is 33.7 Å². The van der Waals surface area contributed by atoms with Crippen molar-refractivity contribution in [2.24, 2.45) is 7.05 Å². The van der Waals surface area contributed by atoms with Gasteiger partial charge in [0.2, 0.25) is 0 Å². The Labute approximate surface area is 96.4 Å². The normalized spacial score (nSPS) is 13.0. The maximum absolute atomic E-state index is 5.22. The van der Waals surface area contributed by atoms with Gasteiger partial charge in [-0.25, -0.2) is 0 Å². The highest BCUT2D eigenvalue weighted by molar-refractivity contribution is 9.10. The van der Waals surface area contributed by atoms with Crippen molar-refractivity contribution in [1.29, 1.82) is 0 Å². The standard InChI is InChI=1S/C10H12BrN3O/c1-12-9(7-4-6-15-10(7)11)8-3-5-14(2)13-8/h3-6,9,12H,1-2H3. The van der Waals surface area contributed by atoms with E-state index in [-0.39, 0.29) is 6.04 Å². The van der Waals surface area contributed by atoms with E-state index in [1.54, 1.807) is 10.9 Å². The molecular weight excluding hydrogens is 258 g/mol. The summed E-state index contributed by atoms with van der Waals surface area (Å²) in [7, 11) is 3.80. The second-order valence-corrected chi connectivity index (χ2v) is 4.01. The lowest BCUT2D eigenvalue weighted by molar-refractivity contribution is 0.528. The van der Waals surface area contributed by atoms with Crippen LogP contribution in [0.2, 0.25) is 0 Å². The molecule has 0 aliphatic heterocycles. The minimum Gasteiger partial charge on any atom is -0.457 e. The number of furan rings is 1. The zero-order valence-electron chi connectivity index (χ0n) is 8.57. The average molecular weight is 270 g/mol. The molecule has 4 nitrogen and oxygen atoms in total. The Kier molecular flexibility index (Phi) is 2.93. The summed E-state index contributed by atoms with van der Waals surface area (Å²) in [6, 6.07) is 3.97. The Morgan fingerprint density at radius 3 is 2.80 bits per heavy atom. The summed E-state index contributed by atoms with van der Waals surface area (Å²) < 4.78 is 7.75. The van der Waals surface area contributed by atoms with Crippen LogP contribution in [0.4, 0.5) is 0 Å². The maximum atomic E-state index is 5.22. The van der Waals surface area contributed by atoms with Crippen molar-refractivity contribution in [3.8, 4) is 0 Å². The van der Waals surface area contributed by atoms with Crippen molar-refractivity contribution in [2.45, 2.75) is 6.04 Å². The summed E-state index contributed by atoms with van der Waals surface area (Å²) in [5.41, 5.74) is 2.03. The van der Waals surface area contributed by atoms with E-state index in [2.05, 4.69) is 26.3 Å². The molecule has 2 heterocycles. The van der Waals surface area contributed by atoms with Gasteiger partial charge < -0.3 is 9.73 Å². The lowest BCUT2D eigenvalue weighted by atomic mass is 10.1. The van der Waals surface area contributed by atoms with E-state index >= 15 is 0 Å². The average Bonchev–Trinajstić information content (AvgIpc) is 2.79. The van der Waals surface area contributed by atoms with Gasteiger partial charge in [-0.2, -0.15) is 5.10 Å². The Hall–Kier alpha value is -1.07. The molecule has 15 heavy (non-hydrogen) atoms. The molecule has 0 saturated heterocycles. The van der Waals surface area contributed by atoms with Crippen molar-refractivity contribution in [2.75, 3.05) is 7.05 Å². The summed E-state index contributed by atoms with van der Waals surface area (Å²) in [4.78, 5) is 0. The van der Waals surface area contributed by atoms with Gasteiger partial charge >= 0.3 is 0 Å². The van der Waals surface area contributed by atoms with Gasteiger partial charge in [-0.05, 0) is 35.1 Å². The van der Waals surface area contributed by atoms with Crippen LogP contribution in [0.5, 0.6) is 0 Å². The quantitative estimate of drug-likeness (QED) is 0.928. The van der Waals surface area contributed by atoms with Crippen molar-refractivity contribution >= 4 is 15.9 Å². The van der Waals surface area contributed by atoms with Crippen molar-refractivity contribution in [1.82, 2.24) is 15.1 Å². The number of hydrogen-bond donors (Lipinski definition) is 1. The van der Waals surface area contributed by atoms with Gasteiger partial charge in [0.05, 0.1) is 18.0 Å². The minimum absolute atomic E-state index is 0.0549. The Morgan fingerprint density at radius 1 is 1.53 bits per heavy atom. The number of halogens is 1. The van der Waals surface area contributed by atoms with Crippen molar-refractivity contribution < 1.29 is 4.42 Å². The minimum atomic E-state index is 0.0549. The molecule has 2 aromatic heterocycles. The molecule has 80 valence electrons. The van der Waals surface area contributed by atoms with E-state index in [4.69, 9.17) is 4.42 Å². The fourth-order valence-corrected chi connectivity index (χ4v) is 2.03. The molecule has 0 bridgehead atoms. The fourth-order valence-electron chi connectivity index (χ4n) is 1.56. The zero-order valence-corrected chi connectivity index (χ0v) is 10.2. The third-order valence-corrected chi connectivity index (χ3v) is 2.92. The van der Waals surface area contributed by atoms with E-state index in [0.717, 1.165) is 15.9 Å². The molecule has 0 aliphatic carbocycles. The highest BCUT2D eigenvalue weighted by Crippen LogP contribution is 2.28. The first-order valence-corrected chi connectivity index (χ1v) is 5.41. The van der Waals surface area contributed by atoms with Crippen molar-refractivity contribution in [3.05, 3.63) is 40.5 Å². The van der Waals surface area contributed by atoms with Crippen LogP contribution < -0.4 is 5.32 Å². The Morgan fingerprint density at radius 2 is 2.33 bits per heavy atom. The predicted octanol–water partition coefficient (Wildman–Crippen LogP) is 2.08. The summed E-state index contributed by atoms with van der Waals surface area (Å²) in [6.07, 6.45) is 3.58. The topological polar surface area (TPSA) is 43.0 Å². The number of hydrogen-bond acceptors (Lipinski definition) is 3. The molecule has 1 N–H and O–H groups in total. The van der Waals surface area contributed by atoms with Crippen LogP contribution in [0.1, 0.15) is 17.3 Å². The highest BCUT2D eigenvalue weighted by atomic mass is 79.9. The number of aryl methyl sites for hydroxylation is 1. The molecule has 0 fully saturated rings. The van der Waals surface area contributed by atoms with Crippen LogP contribution in [0.3, 0.4) is 0 Å². The molecule has 2 aromatic rings. The molecule has 5 heteroatoms. The van der Waals surface area contributed by atoms with E-state index in [1.165, 1.54) is 0 Å². The number of rotatable bonds is 3. The first-order chi connectivity index (χ1) is 7.22. The molecule has 0 amide bonds. The smallest absolute Gasteiger partial charge is 0.174 e. The van der Waals surface area contributed by atoms with Crippen LogP contribution >= 0.6 is 15.9 Å². The van der Waals surface area contributed by atoms with E-state index in [0.29, 0.717) is 0 Å². The predicted molar refractivity (Wildman–Crippen MR) is 60.5 cm³/mol. The summed E-state index contributed by atoms with van der Waals surface area (Å²) in [5, 5.41) is 7.58. The zero-order chi connectivity index (χ0) is 10.8. The van der Waals surface area contributed by atoms with Gasteiger partial charge in [-0.15, -0.1) is 0 Å². The molecule has 0 aliphatic rings. The number of nitrogens with one attached hydrogen (secondary N) is 1. The van der Waals surface area contributed by atoms with E-state index in [1.807, 2.05) is 32.4 Å². The van der Waals surface area contributed by atoms with Crippen LogP contribution in [-0.4, -0.2) is 16.8 Å². The molecular formula is C10H12BrN3O. The van der Waals surface area contributed by atoms with Crippen molar-refractivity contribution in [3.63, 3.8) is 0 Å². The van der Waals surface area contributed by atoms with Gasteiger partial charge in [-0.3, -0.25) is 4.68 Å². The van der Waals surface area contributed by atoms with Crippen LogP contribution in [0.25, 0.3) is 0 Å². The molecule has 1 atom stereocenters. The van der Waals surface area contributed by atoms with Gasteiger partial charge in [0.1, 0.15) is 0 Å². The molecule has 0 aromatic carbocycles. The lowest BCUT2D eigenvalue weighted by Crippen LogP contribution is -2.18. The van der Waals surface area contributed by atoms with Gasteiger partial charge in [-0.1, -0.05) is 0 Å². The van der Waals surface area contributed by atoms with Gasteiger partial charge in [0.25, 0.3) is 0 Å². The van der Waals surface area contributed by atoms with Gasteiger partial charge in [0, 0.05) is 18.8 Å². The second kappa shape index (κ2) is 4.20. The van der Waals surface area contributed by atoms with Gasteiger partial charge in [0.15, 0.2) is 4.67 Å². The maximum Gasteiger partial charge on any atom is 0.174 e. The lowest BCUT2D eigenvalue weighted by Gasteiger charge is -2.11. The number of nitrogens with zero attached hydrogens (tertiary/aromatic N) is 2. The van der Waals surface area contributed by atoms with E-state index in [9.17, 15) is 0 Å². The summed E-state index contributed by atoms with van der Waals surface area (Å²) >= 11 is 3.37. The van der Waals surface area contributed by atoms with Crippen LogP contribution in [0, 0.1) is 0 Å². The SMILES string of the molecule is CNC(c1ccn(C)n1)c1ccoc1Br. The van der Waals surface area contributed by atoms with Crippen LogP contribution in [-0.2, 0) is 7.05 Å². The van der Waals surface area contributed by atoms with E-state index < -0.39 is 0 Å². The molecule has 0 radical (unpaired) electrons. The second-order valence-electron chi connectivity index (χ2n) is 3.29. The Balaban J connectivity index is 2.36. The largest absolute Gasteiger partial charge is 0.457 e. The molecule has 2 rings (SSSR count). The highest BCUT2D eigenvalue weighted by Gasteiger charge is 2.18. The number of aromatic nitrogens is 2. The molecule has 1 unspecified atom stereocenters. The third-order valence-electron chi connectivity index (χ3n) is 2.28. The fraction of sp³-hybridized carbons (Fsp3) is 0.300. The molecule has 0 spiro atoms. The first-order valence-electron chi connectivity index (χ1n) is 4.62. The first kappa shape index (κ1) is 10.4.